The molecule has 3 aliphatic rings. The van der Waals surface area contributed by atoms with Crippen molar-refractivity contribution < 1.29 is 9.47 Å². The third-order valence-electron chi connectivity index (χ3n) is 5.10. The van der Waals surface area contributed by atoms with Crippen LogP contribution in [0.2, 0.25) is 0 Å². The van der Waals surface area contributed by atoms with Crippen LogP contribution in [0.3, 0.4) is 0 Å². The average molecular weight is 268 g/mol. The highest BCUT2D eigenvalue weighted by atomic mass is 16.6. The Morgan fingerprint density at radius 2 is 2.26 bits per heavy atom. The van der Waals surface area contributed by atoms with Crippen LogP contribution in [-0.2, 0) is 9.47 Å². The first-order valence-electron chi connectivity index (χ1n) is 7.90. The van der Waals surface area contributed by atoms with E-state index in [0.29, 0.717) is 6.04 Å². The van der Waals surface area contributed by atoms with Crippen molar-refractivity contribution in [1.82, 2.24) is 10.2 Å². The molecular formula is C15H28N2O2. The van der Waals surface area contributed by atoms with Crippen molar-refractivity contribution in [3.05, 3.63) is 0 Å². The SMILES string of the molecule is CN(CC1CCCNC1)C1CCOC2(CCOC2)C1. The van der Waals surface area contributed by atoms with Gasteiger partial charge in [-0.1, -0.05) is 0 Å². The monoisotopic (exact) mass is 268 g/mol. The standard InChI is InChI=1S/C15H28N2O2/c1-17(11-13-3-2-6-16-10-13)14-4-7-19-15(9-14)5-8-18-12-15/h13-14,16H,2-12H2,1H3. The average Bonchev–Trinajstić information content (AvgIpc) is 2.88. The van der Waals surface area contributed by atoms with Gasteiger partial charge in [0.1, 0.15) is 0 Å². The van der Waals surface area contributed by atoms with E-state index in [1.165, 1.54) is 38.9 Å². The summed E-state index contributed by atoms with van der Waals surface area (Å²) in [4.78, 5) is 2.58. The molecule has 3 atom stereocenters. The molecule has 0 aromatic carbocycles. The predicted molar refractivity (Wildman–Crippen MR) is 75.4 cm³/mol. The zero-order chi connectivity index (χ0) is 13.1. The third kappa shape index (κ3) is 3.30. The molecule has 1 N–H and O–H groups in total. The van der Waals surface area contributed by atoms with Crippen molar-refractivity contribution in [3.63, 3.8) is 0 Å². The van der Waals surface area contributed by atoms with Crippen molar-refractivity contribution >= 4 is 0 Å². The van der Waals surface area contributed by atoms with E-state index in [1.54, 1.807) is 0 Å². The van der Waals surface area contributed by atoms with Crippen LogP contribution in [0.1, 0.15) is 32.1 Å². The smallest absolute Gasteiger partial charge is 0.0951 e. The lowest BCUT2D eigenvalue weighted by atomic mass is 9.88. The number of rotatable bonds is 3. The lowest BCUT2D eigenvalue weighted by molar-refractivity contribution is -0.105. The van der Waals surface area contributed by atoms with Gasteiger partial charge in [-0.25, -0.2) is 0 Å². The summed E-state index contributed by atoms with van der Waals surface area (Å²) >= 11 is 0. The van der Waals surface area contributed by atoms with Gasteiger partial charge >= 0.3 is 0 Å². The van der Waals surface area contributed by atoms with Gasteiger partial charge in [-0.2, -0.15) is 0 Å². The fraction of sp³-hybridized carbons (Fsp3) is 1.00. The summed E-state index contributed by atoms with van der Waals surface area (Å²) < 4.78 is 11.6. The Bertz CT molecular complexity index is 286. The summed E-state index contributed by atoms with van der Waals surface area (Å²) in [5, 5.41) is 3.52. The molecule has 0 bridgehead atoms. The lowest BCUT2D eigenvalue weighted by Gasteiger charge is -2.42. The van der Waals surface area contributed by atoms with Crippen LogP contribution in [0.5, 0.6) is 0 Å². The van der Waals surface area contributed by atoms with E-state index in [0.717, 1.165) is 38.6 Å². The van der Waals surface area contributed by atoms with Crippen LogP contribution in [0.4, 0.5) is 0 Å². The summed E-state index contributed by atoms with van der Waals surface area (Å²) in [7, 11) is 2.30. The van der Waals surface area contributed by atoms with Crippen LogP contribution in [0.15, 0.2) is 0 Å². The maximum Gasteiger partial charge on any atom is 0.0951 e. The highest BCUT2D eigenvalue weighted by Gasteiger charge is 2.42. The summed E-state index contributed by atoms with van der Waals surface area (Å²) in [6.07, 6.45) is 6.14. The quantitative estimate of drug-likeness (QED) is 0.835. The van der Waals surface area contributed by atoms with Gasteiger partial charge in [0.15, 0.2) is 0 Å². The maximum atomic E-state index is 6.03. The number of hydrogen-bond donors (Lipinski definition) is 1. The van der Waals surface area contributed by atoms with Crippen molar-refractivity contribution in [3.8, 4) is 0 Å². The third-order valence-corrected chi connectivity index (χ3v) is 5.10. The molecule has 3 rings (SSSR count). The molecule has 3 unspecified atom stereocenters. The first-order chi connectivity index (χ1) is 9.27. The number of hydrogen-bond acceptors (Lipinski definition) is 4. The van der Waals surface area contributed by atoms with Crippen LogP contribution in [-0.4, -0.2) is 63.0 Å². The van der Waals surface area contributed by atoms with Crippen molar-refractivity contribution in [1.29, 1.82) is 0 Å². The van der Waals surface area contributed by atoms with E-state index in [1.807, 2.05) is 0 Å². The van der Waals surface area contributed by atoms with E-state index >= 15 is 0 Å². The second-order valence-corrected chi connectivity index (χ2v) is 6.63. The van der Waals surface area contributed by atoms with Gasteiger partial charge in [0.05, 0.1) is 12.2 Å². The predicted octanol–water partition coefficient (Wildman–Crippen LogP) is 1.26. The van der Waals surface area contributed by atoms with Gasteiger partial charge in [-0.15, -0.1) is 0 Å². The Balaban J connectivity index is 1.52. The summed E-state index contributed by atoms with van der Waals surface area (Å²) in [6.45, 7) is 6.22. The van der Waals surface area contributed by atoms with E-state index in [2.05, 4.69) is 17.3 Å². The largest absolute Gasteiger partial charge is 0.378 e. The molecule has 3 aliphatic heterocycles. The minimum absolute atomic E-state index is 0.0436. The Morgan fingerprint density at radius 1 is 1.32 bits per heavy atom. The Hall–Kier alpha value is -0.160. The minimum Gasteiger partial charge on any atom is -0.378 e. The molecule has 0 saturated carbocycles. The molecule has 0 radical (unpaired) electrons. The molecule has 0 amide bonds. The molecule has 0 aromatic rings. The molecule has 3 heterocycles. The van der Waals surface area contributed by atoms with Gasteiger partial charge in [0, 0.05) is 32.2 Å². The van der Waals surface area contributed by atoms with Gasteiger partial charge in [0.2, 0.25) is 0 Å². The molecule has 110 valence electrons. The van der Waals surface area contributed by atoms with Crippen LogP contribution in [0, 0.1) is 5.92 Å². The second kappa shape index (κ2) is 6.08. The van der Waals surface area contributed by atoms with Gasteiger partial charge in [0.25, 0.3) is 0 Å². The fourth-order valence-corrected chi connectivity index (χ4v) is 3.88. The van der Waals surface area contributed by atoms with Crippen LogP contribution in [0.25, 0.3) is 0 Å². The fourth-order valence-electron chi connectivity index (χ4n) is 3.88. The Kier molecular flexibility index (Phi) is 4.42. The Morgan fingerprint density at radius 3 is 3.00 bits per heavy atom. The Labute approximate surface area is 116 Å². The molecule has 3 saturated heterocycles. The first-order valence-corrected chi connectivity index (χ1v) is 7.90. The topological polar surface area (TPSA) is 33.7 Å². The number of ether oxygens (including phenoxy) is 2. The number of piperidine rings is 1. The number of nitrogens with zero attached hydrogens (tertiary/aromatic N) is 1. The number of nitrogens with one attached hydrogen (secondary N) is 1. The van der Waals surface area contributed by atoms with E-state index in [4.69, 9.17) is 9.47 Å². The van der Waals surface area contributed by atoms with Crippen molar-refractivity contribution in [2.75, 3.05) is 46.5 Å². The highest BCUT2D eigenvalue weighted by Crippen LogP contribution is 2.34. The van der Waals surface area contributed by atoms with Gasteiger partial charge in [-0.3, -0.25) is 0 Å². The van der Waals surface area contributed by atoms with Crippen molar-refractivity contribution in [2.24, 2.45) is 5.92 Å². The van der Waals surface area contributed by atoms with Crippen molar-refractivity contribution in [2.45, 2.75) is 43.7 Å². The molecule has 4 nitrogen and oxygen atoms in total. The summed E-state index contributed by atoms with van der Waals surface area (Å²) in [5.74, 6) is 0.831. The molecule has 0 aliphatic carbocycles. The molecule has 1 spiro atoms. The second-order valence-electron chi connectivity index (χ2n) is 6.63. The molecule has 4 heteroatoms. The van der Waals surface area contributed by atoms with Gasteiger partial charge < -0.3 is 19.7 Å². The summed E-state index contributed by atoms with van der Waals surface area (Å²) in [5.41, 5.74) is 0.0436. The van der Waals surface area contributed by atoms with E-state index in [9.17, 15) is 0 Å². The van der Waals surface area contributed by atoms with Crippen LogP contribution >= 0.6 is 0 Å². The molecule has 3 fully saturated rings. The van der Waals surface area contributed by atoms with E-state index in [-0.39, 0.29) is 5.60 Å². The maximum absolute atomic E-state index is 6.03. The molecular weight excluding hydrogens is 240 g/mol. The molecule has 0 aromatic heterocycles. The summed E-state index contributed by atoms with van der Waals surface area (Å²) in [6, 6.07) is 0.678. The highest BCUT2D eigenvalue weighted by molar-refractivity contribution is 4.93. The normalized spacial score (nSPS) is 40.1. The van der Waals surface area contributed by atoms with E-state index < -0.39 is 0 Å². The molecule has 19 heavy (non-hydrogen) atoms. The minimum atomic E-state index is 0.0436. The lowest BCUT2D eigenvalue weighted by Crippen LogP contribution is -2.49. The zero-order valence-electron chi connectivity index (χ0n) is 12.2. The van der Waals surface area contributed by atoms with Crippen LogP contribution < -0.4 is 5.32 Å². The zero-order valence-corrected chi connectivity index (χ0v) is 12.2. The van der Waals surface area contributed by atoms with Gasteiger partial charge in [-0.05, 0) is 51.7 Å². The first kappa shape index (κ1) is 13.8.